The van der Waals surface area contributed by atoms with Crippen LogP contribution >= 0.6 is 0 Å². The third-order valence-electron chi connectivity index (χ3n) is 3.56. The zero-order valence-electron chi connectivity index (χ0n) is 11.2. The Bertz CT molecular complexity index is 491. The number of rotatable bonds is 3. The number of nitrogens with zero attached hydrogens (tertiary/aromatic N) is 1. The molecule has 0 aromatic heterocycles. The molecule has 0 amide bonds. The van der Waals surface area contributed by atoms with Crippen LogP contribution in [0.25, 0.3) is 0 Å². The van der Waals surface area contributed by atoms with Crippen LogP contribution in [0.15, 0.2) is 12.1 Å². The van der Waals surface area contributed by atoms with E-state index in [1.165, 1.54) is 0 Å². The van der Waals surface area contributed by atoms with Crippen LogP contribution in [0.2, 0.25) is 0 Å². The lowest BCUT2D eigenvalue weighted by Gasteiger charge is -2.31. The summed E-state index contributed by atoms with van der Waals surface area (Å²) in [4.78, 5) is 2.26. The second-order valence-corrected chi connectivity index (χ2v) is 4.82. The predicted octanol–water partition coefficient (Wildman–Crippen LogP) is -0.740. The van der Waals surface area contributed by atoms with Crippen molar-refractivity contribution in [3.8, 4) is 12.3 Å². The Morgan fingerprint density at radius 2 is 2.05 bits per heavy atom. The fourth-order valence-electron chi connectivity index (χ4n) is 2.46. The van der Waals surface area contributed by atoms with Gasteiger partial charge in [0.2, 0.25) is 0 Å². The van der Waals surface area contributed by atoms with Gasteiger partial charge < -0.3 is 20.3 Å². The monoisotopic (exact) mass is 258 g/mol. The van der Waals surface area contributed by atoms with Crippen molar-refractivity contribution in [2.75, 3.05) is 31.1 Å². The molecule has 19 heavy (non-hydrogen) atoms. The first kappa shape index (κ1) is 13.9. The van der Waals surface area contributed by atoms with E-state index in [4.69, 9.17) is 6.42 Å². The molecule has 0 unspecified atom stereocenters. The van der Waals surface area contributed by atoms with Gasteiger partial charge in [-0.15, -0.1) is 12.3 Å². The Kier molecular flexibility index (Phi) is 4.49. The highest BCUT2D eigenvalue weighted by atomic mass is 16.4. The average Bonchev–Trinajstić information content (AvgIpc) is 2.42. The topological polar surface area (TPSA) is 55.7 Å². The number of hydrogen-bond donors (Lipinski definition) is 3. The van der Waals surface area contributed by atoms with E-state index in [0.29, 0.717) is 11.9 Å². The van der Waals surface area contributed by atoms with Gasteiger partial charge in [0.1, 0.15) is 0 Å². The van der Waals surface area contributed by atoms with Gasteiger partial charge in [-0.1, -0.05) is 6.07 Å². The molecular weight excluding hydrogens is 239 g/mol. The first-order chi connectivity index (χ1) is 9.13. The smallest absolute Gasteiger partial charge is 0.423 e. The molecule has 0 saturated carbocycles. The molecule has 0 aliphatic carbocycles. The van der Waals surface area contributed by atoms with Crippen LogP contribution in [0.5, 0.6) is 0 Å². The van der Waals surface area contributed by atoms with Gasteiger partial charge in [0.05, 0.1) is 0 Å². The van der Waals surface area contributed by atoms with Crippen LogP contribution in [0.1, 0.15) is 11.1 Å². The third-order valence-corrected chi connectivity index (χ3v) is 3.56. The molecular formula is C14H19BN2O2. The molecule has 1 aliphatic rings. The first-order valence-electron chi connectivity index (χ1n) is 6.52. The summed E-state index contributed by atoms with van der Waals surface area (Å²) in [5, 5.41) is 22.1. The minimum absolute atomic E-state index is 0.504. The minimum atomic E-state index is -1.46. The second-order valence-electron chi connectivity index (χ2n) is 4.82. The van der Waals surface area contributed by atoms with Crippen molar-refractivity contribution in [3.63, 3.8) is 0 Å². The second kappa shape index (κ2) is 6.11. The van der Waals surface area contributed by atoms with E-state index in [-0.39, 0.29) is 0 Å². The summed E-state index contributed by atoms with van der Waals surface area (Å²) in [6.07, 6.45) is 5.89. The molecule has 3 N–H and O–H groups in total. The SMILES string of the molecule is C#CCc1cc(B(O)O)cc(N2CCNCC2)c1C. The fourth-order valence-corrected chi connectivity index (χ4v) is 2.46. The Hall–Kier alpha value is -1.48. The highest BCUT2D eigenvalue weighted by molar-refractivity contribution is 6.58. The van der Waals surface area contributed by atoms with E-state index < -0.39 is 7.12 Å². The van der Waals surface area contributed by atoms with Gasteiger partial charge >= 0.3 is 7.12 Å². The number of hydrogen-bond acceptors (Lipinski definition) is 4. The minimum Gasteiger partial charge on any atom is -0.423 e. The van der Waals surface area contributed by atoms with Crippen molar-refractivity contribution in [2.24, 2.45) is 0 Å². The first-order valence-corrected chi connectivity index (χ1v) is 6.52. The number of piperazine rings is 1. The molecule has 4 nitrogen and oxygen atoms in total. The molecule has 1 saturated heterocycles. The van der Waals surface area contributed by atoms with Gasteiger partial charge in [-0.2, -0.15) is 0 Å². The van der Waals surface area contributed by atoms with Gasteiger partial charge in [-0.3, -0.25) is 0 Å². The van der Waals surface area contributed by atoms with Crippen molar-refractivity contribution in [1.82, 2.24) is 5.32 Å². The summed E-state index contributed by atoms with van der Waals surface area (Å²) < 4.78 is 0. The molecule has 100 valence electrons. The lowest BCUT2D eigenvalue weighted by Crippen LogP contribution is -2.44. The van der Waals surface area contributed by atoms with E-state index in [9.17, 15) is 10.0 Å². The molecule has 5 heteroatoms. The number of nitrogens with one attached hydrogen (secondary N) is 1. The van der Waals surface area contributed by atoms with Crippen LogP contribution < -0.4 is 15.7 Å². The zero-order chi connectivity index (χ0) is 13.8. The van der Waals surface area contributed by atoms with Crippen LogP contribution in [0, 0.1) is 19.3 Å². The summed E-state index contributed by atoms with van der Waals surface area (Å²) in [7, 11) is -1.46. The molecule has 0 radical (unpaired) electrons. The average molecular weight is 258 g/mol. The Balaban J connectivity index is 2.42. The molecule has 1 aromatic rings. The van der Waals surface area contributed by atoms with Crippen molar-refractivity contribution in [1.29, 1.82) is 0 Å². The predicted molar refractivity (Wildman–Crippen MR) is 78.6 cm³/mol. The Morgan fingerprint density at radius 3 is 2.63 bits per heavy atom. The Labute approximate surface area is 114 Å². The molecule has 0 bridgehead atoms. The quantitative estimate of drug-likeness (QED) is 0.494. The lowest BCUT2D eigenvalue weighted by atomic mass is 9.78. The largest absolute Gasteiger partial charge is 0.488 e. The molecule has 1 aromatic carbocycles. The molecule has 1 fully saturated rings. The van der Waals surface area contributed by atoms with Gasteiger partial charge in [-0.25, -0.2) is 0 Å². The molecule has 2 rings (SSSR count). The van der Waals surface area contributed by atoms with Gasteiger partial charge in [0, 0.05) is 38.3 Å². The third kappa shape index (κ3) is 3.10. The fraction of sp³-hybridized carbons (Fsp3) is 0.429. The van der Waals surface area contributed by atoms with Crippen molar-refractivity contribution >= 4 is 18.3 Å². The van der Waals surface area contributed by atoms with Crippen LogP contribution in [0.4, 0.5) is 5.69 Å². The maximum absolute atomic E-state index is 9.40. The van der Waals surface area contributed by atoms with E-state index in [1.807, 2.05) is 13.0 Å². The van der Waals surface area contributed by atoms with Gasteiger partial charge in [0.25, 0.3) is 0 Å². The molecule has 0 spiro atoms. The standard InChI is InChI=1S/C14H19BN2O2/c1-3-4-12-9-13(15(18)19)10-14(11(12)2)17-7-5-16-6-8-17/h1,9-10,16,18-19H,4-8H2,2H3. The van der Waals surface area contributed by atoms with Crippen LogP contribution in [-0.2, 0) is 6.42 Å². The van der Waals surface area contributed by atoms with Crippen molar-refractivity contribution in [3.05, 3.63) is 23.3 Å². The summed E-state index contributed by atoms with van der Waals surface area (Å²) in [6.45, 7) is 5.76. The maximum atomic E-state index is 9.40. The highest BCUT2D eigenvalue weighted by Gasteiger charge is 2.19. The zero-order valence-corrected chi connectivity index (χ0v) is 11.2. The van der Waals surface area contributed by atoms with Crippen molar-refractivity contribution < 1.29 is 10.0 Å². The summed E-state index contributed by atoms with van der Waals surface area (Å²) in [5.41, 5.74) is 3.67. The van der Waals surface area contributed by atoms with Crippen LogP contribution in [-0.4, -0.2) is 43.3 Å². The van der Waals surface area contributed by atoms with Gasteiger partial charge in [0.15, 0.2) is 0 Å². The summed E-state index contributed by atoms with van der Waals surface area (Å²) >= 11 is 0. The molecule has 0 atom stereocenters. The molecule has 1 aliphatic heterocycles. The van der Waals surface area contributed by atoms with Gasteiger partial charge in [-0.05, 0) is 29.6 Å². The lowest BCUT2D eigenvalue weighted by molar-refractivity contribution is 0.425. The normalized spacial score (nSPS) is 15.2. The highest BCUT2D eigenvalue weighted by Crippen LogP contribution is 2.23. The van der Waals surface area contributed by atoms with E-state index in [2.05, 4.69) is 16.1 Å². The summed E-state index contributed by atoms with van der Waals surface area (Å²) in [5.74, 6) is 2.63. The summed E-state index contributed by atoms with van der Waals surface area (Å²) in [6, 6.07) is 3.64. The van der Waals surface area contributed by atoms with E-state index in [0.717, 1.165) is 43.0 Å². The maximum Gasteiger partial charge on any atom is 0.488 e. The van der Waals surface area contributed by atoms with Crippen LogP contribution in [0.3, 0.4) is 0 Å². The number of anilines is 1. The Morgan fingerprint density at radius 1 is 1.37 bits per heavy atom. The number of benzene rings is 1. The van der Waals surface area contributed by atoms with Crippen molar-refractivity contribution in [2.45, 2.75) is 13.3 Å². The number of terminal acetylenes is 1. The molecule has 1 heterocycles. The van der Waals surface area contributed by atoms with E-state index >= 15 is 0 Å². The van der Waals surface area contributed by atoms with E-state index in [1.54, 1.807) is 6.07 Å².